The molecule has 0 spiro atoms. The minimum Gasteiger partial charge on any atom is -0.325 e. The molecule has 0 aliphatic rings. The van der Waals surface area contributed by atoms with Gasteiger partial charge in [-0.3, -0.25) is 4.79 Å². The molecule has 0 radical (unpaired) electrons. The molecular formula is C20H34N2O3S. The van der Waals surface area contributed by atoms with E-state index in [0.29, 0.717) is 5.69 Å². The lowest BCUT2D eigenvalue weighted by molar-refractivity contribution is -0.113. The normalized spacial score (nSPS) is 12.7. The third-order valence-corrected chi connectivity index (χ3v) is 5.60. The molecule has 0 aliphatic carbocycles. The van der Waals surface area contributed by atoms with Gasteiger partial charge in [-0.05, 0) is 25.0 Å². The summed E-state index contributed by atoms with van der Waals surface area (Å²) in [6.45, 7) is 4.24. The van der Waals surface area contributed by atoms with Crippen molar-refractivity contribution in [1.29, 1.82) is 0 Å². The van der Waals surface area contributed by atoms with Gasteiger partial charge in [0, 0.05) is 11.7 Å². The van der Waals surface area contributed by atoms with E-state index >= 15 is 0 Å². The second kappa shape index (κ2) is 12.9. The Morgan fingerprint density at radius 3 is 2.23 bits per heavy atom. The molecule has 0 fully saturated rings. The van der Waals surface area contributed by atoms with Crippen molar-refractivity contribution in [2.24, 2.45) is 0 Å². The van der Waals surface area contributed by atoms with Crippen molar-refractivity contribution in [3.63, 3.8) is 0 Å². The van der Waals surface area contributed by atoms with Gasteiger partial charge in [-0.2, -0.15) is 0 Å². The molecule has 0 saturated heterocycles. The first-order valence-corrected chi connectivity index (χ1v) is 11.5. The summed E-state index contributed by atoms with van der Waals surface area (Å²) in [6.07, 6.45) is 9.65. The summed E-state index contributed by atoms with van der Waals surface area (Å²) in [5.41, 5.74) is 0.602. The van der Waals surface area contributed by atoms with Gasteiger partial charge in [0.1, 0.15) is 5.75 Å². The highest BCUT2D eigenvalue weighted by Crippen LogP contribution is 2.12. The van der Waals surface area contributed by atoms with Gasteiger partial charge in [0.15, 0.2) is 0 Å². The second-order valence-electron chi connectivity index (χ2n) is 6.83. The Kier molecular flexibility index (Phi) is 11.2. The molecule has 1 amide bonds. The Hall–Kier alpha value is -1.40. The number of benzene rings is 1. The topological polar surface area (TPSA) is 75.3 Å². The molecule has 1 atom stereocenters. The fraction of sp³-hybridized carbons (Fsp3) is 0.650. The predicted octanol–water partition coefficient (Wildman–Crippen LogP) is 4.46. The van der Waals surface area contributed by atoms with Crippen LogP contribution < -0.4 is 10.0 Å². The van der Waals surface area contributed by atoms with Crippen LogP contribution in [-0.4, -0.2) is 26.1 Å². The Bertz CT molecular complexity index is 603. The molecule has 0 heterocycles. The highest BCUT2D eigenvalue weighted by Gasteiger charge is 2.20. The van der Waals surface area contributed by atoms with Gasteiger partial charge in [0.2, 0.25) is 15.9 Å². The zero-order valence-electron chi connectivity index (χ0n) is 16.2. The zero-order valence-corrected chi connectivity index (χ0v) is 17.0. The molecule has 6 heteroatoms. The Balaban J connectivity index is 2.42. The molecule has 1 aromatic carbocycles. The molecule has 148 valence electrons. The van der Waals surface area contributed by atoms with Gasteiger partial charge in [-0.15, -0.1) is 0 Å². The summed E-state index contributed by atoms with van der Waals surface area (Å²) < 4.78 is 27.4. The number of rotatable bonds is 14. The quantitative estimate of drug-likeness (QED) is 0.466. The molecule has 0 bridgehead atoms. The molecule has 0 saturated carbocycles. The lowest BCUT2D eigenvalue weighted by atomic mass is 10.0. The molecule has 1 rings (SSSR count). The minimum atomic E-state index is -3.64. The van der Waals surface area contributed by atoms with Crippen LogP contribution in [0.5, 0.6) is 0 Å². The van der Waals surface area contributed by atoms with Crippen LogP contribution >= 0.6 is 0 Å². The van der Waals surface area contributed by atoms with E-state index in [2.05, 4.69) is 17.0 Å². The van der Waals surface area contributed by atoms with Gasteiger partial charge in [-0.25, -0.2) is 13.1 Å². The SMILES string of the molecule is CCCCCCCCC(CCC)NS(=O)(=O)CC(=O)Nc1ccccc1. The van der Waals surface area contributed by atoms with E-state index in [1.165, 1.54) is 25.7 Å². The van der Waals surface area contributed by atoms with E-state index in [1.807, 2.05) is 13.0 Å². The van der Waals surface area contributed by atoms with Crippen LogP contribution in [0.1, 0.15) is 71.6 Å². The van der Waals surface area contributed by atoms with Crippen molar-refractivity contribution in [1.82, 2.24) is 4.72 Å². The van der Waals surface area contributed by atoms with Crippen LogP contribution in [0.25, 0.3) is 0 Å². The average molecular weight is 383 g/mol. The molecule has 0 aliphatic heterocycles. The largest absolute Gasteiger partial charge is 0.325 e. The summed E-state index contributed by atoms with van der Waals surface area (Å²) in [7, 11) is -3.64. The maximum atomic E-state index is 12.3. The van der Waals surface area contributed by atoms with E-state index in [0.717, 1.165) is 32.1 Å². The van der Waals surface area contributed by atoms with Gasteiger partial charge < -0.3 is 5.32 Å². The average Bonchev–Trinajstić information content (AvgIpc) is 2.58. The number of para-hydroxylation sites is 1. The second-order valence-corrected chi connectivity index (χ2v) is 8.59. The van der Waals surface area contributed by atoms with Crippen molar-refractivity contribution in [2.45, 2.75) is 77.7 Å². The van der Waals surface area contributed by atoms with Crippen LogP contribution in [0.4, 0.5) is 5.69 Å². The number of unbranched alkanes of at least 4 members (excludes halogenated alkanes) is 5. The van der Waals surface area contributed by atoms with Crippen LogP contribution in [0.3, 0.4) is 0 Å². The van der Waals surface area contributed by atoms with Crippen molar-refractivity contribution in [2.75, 3.05) is 11.1 Å². The van der Waals surface area contributed by atoms with Crippen LogP contribution in [0.2, 0.25) is 0 Å². The maximum Gasteiger partial charge on any atom is 0.240 e. The first-order chi connectivity index (χ1) is 12.5. The molecule has 1 unspecified atom stereocenters. The van der Waals surface area contributed by atoms with Crippen molar-refractivity contribution < 1.29 is 13.2 Å². The van der Waals surface area contributed by atoms with Crippen LogP contribution in [0, 0.1) is 0 Å². The molecule has 0 aromatic heterocycles. The number of hydrogen-bond donors (Lipinski definition) is 2. The van der Waals surface area contributed by atoms with E-state index in [9.17, 15) is 13.2 Å². The zero-order chi connectivity index (χ0) is 19.3. The highest BCUT2D eigenvalue weighted by molar-refractivity contribution is 7.90. The number of amides is 1. The van der Waals surface area contributed by atoms with Crippen LogP contribution in [-0.2, 0) is 14.8 Å². The molecule has 1 aromatic rings. The number of anilines is 1. The molecule has 2 N–H and O–H groups in total. The van der Waals surface area contributed by atoms with E-state index in [1.54, 1.807) is 24.3 Å². The third kappa shape index (κ3) is 10.6. The highest BCUT2D eigenvalue weighted by atomic mass is 32.2. The summed E-state index contributed by atoms with van der Waals surface area (Å²) >= 11 is 0. The Morgan fingerprint density at radius 1 is 0.923 bits per heavy atom. The fourth-order valence-corrected chi connectivity index (χ4v) is 4.21. The van der Waals surface area contributed by atoms with Gasteiger partial charge >= 0.3 is 0 Å². The predicted molar refractivity (Wildman–Crippen MR) is 109 cm³/mol. The first-order valence-electron chi connectivity index (χ1n) is 9.81. The van der Waals surface area contributed by atoms with E-state index < -0.39 is 21.7 Å². The third-order valence-electron chi connectivity index (χ3n) is 4.27. The lowest BCUT2D eigenvalue weighted by Gasteiger charge is -2.18. The Morgan fingerprint density at radius 2 is 1.58 bits per heavy atom. The minimum absolute atomic E-state index is 0.0827. The first kappa shape index (κ1) is 22.6. The van der Waals surface area contributed by atoms with Crippen LogP contribution in [0.15, 0.2) is 30.3 Å². The number of carbonyl (C=O) groups excluding carboxylic acids is 1. The summed E-state index contributed by atoms with van der Waals surface area (Å²) in [5.74, 6) is -1.06. The summed E-state index contributed by atoms with van der Waals surface area (Å²) in [6, 6.07) is 8.80. The monoisotopic (exact) mass is 382 g/mol. The summed E-state index contributed by atoms with van der Waals surface area (Å²) in [5, 5.41) is 2.62. The van der Waals surface area contributed by atoms with E-state index in [-0.39, 0.29) is 6.04 Å². The van der Waals surface area contributed by atoms with Gasteiger partial charge in [0.05, 0.1) is 0 Å². The van der Waals surface area contributed by atoms with Crippen molar-refractivity contribution in [3.8, 4) is 0 Å². The van der Waals surface area contributed by atoms with Gasteiger partial charge in [0.25, 0.3) is 0 Å². The molecule has 26 heavy (non-hydrogen) atoms. The molecule has 5 nitrogen and oxygen atoms in total. The maximum absolute atomic E-state index is 12.3. The summed E-state index contributed by atoms with van der Waals surface area (Å²) in [4.78, 5) is 12.0. The lowest BCUT2D eigenvalue weighted by Crippen LogP contribution is -2.39. The van der Waals surface area contributed by atoms with Crippen molar-refractivity contribution >= 4 is 21.6 Å². The fourth-order valence-electron chi connectivity index (χ4n) is 2.97. The molecular weight excluding hydrogens is 348 g/mol. The number of nitrogens with one attached hydrogen (secondary N) is 2. The van der Waals surface area contributed by atoms with Gasteiger partial charge in [-0.1, -0.05) is 77.0 Å². The van der Waals surface area contributed by atoms with Crippen molar-refractivity contribution in [3.05, 3.63) is 30.3 Å². The standard InChI is InChI=1S/C20H34N2O3S/c1-3-5-6-7-8-10-16-19(13-4-2)22-26(24,25)17-20(23)21-18-14-11-9-12-15-18/h9,11-12,14-15,19,22H,3-8,10,13,16-17H2,1-2H3,(H,21,23). The smallest absolute Gasteiger partial charge is 0.240 e. The van der Waals surface area contributed by atoms with E-state index in [4.69, 9.17) is 0 Å². The Labute approximate surface area is 159 Å². The number of hydrogen-bond acceptors (Lipinski definition) is 3. The number of sulfonamides is 1. The number of carbonyl (C=O) groups is 1.